The fourth-order valence-electron chi connectivity index (χ4n) is 31.2. The summed E-state index contributed by atoms with van der Waals surface area (Å²) in [4.78, 5) is 0. The highest BCUT2D eigenvalue weighted by atomic mass is 15.4. The summed E-state index contributed by atoms with van der Waals surface area (Å²) in [7, 11) is 9.39. The molecule has 14 saturated heterocycles. The summed E-state index contributed by atoms with van der Waals surface area (Å²) in [6, 6.07) is 9.10. The predicted octanol–water partition coefficient (Wildman–Crippen LogP) is 23.9. The van der Waals surface area contributed by atoms with Gasteiger partial charge in [-0.3, -0.25) is 0 Å². The van der Waals surface area contributed by atoms with Gasteiger partial charge in [-0.15, -0.1) is 0 Å². The number of quaternary nitrogens is 10. The van der Waals surface area contributed by atoms with Crippen molar-refractivity contribution >= 4 is 0 Å². The van der Waals surface area contributed by atoms with Crippen LogP contribution < -0.4 is 0 Å². The number of hydrogen-bond acceptors (Lipinski definition) is 0. The third-order valence-electron chi connectivity index (χ3n) is 37.8. The van der Waals surface area contributed by atoms with E-state index >= 15 is 0 Å². The first-order chi connectivity index (χ1) is 55.7. The number of hydrogen-bond donors (Lipinski definition) is 0. The lowest BCUT2D eigenvalue weighted by atomic mass is 9.88. The van der Waals surface area contributed by atoms with Crippen molar-refractivity contribution in [3.63, 3.8) is 0 Å². The number of rotatable bonds is 4. The molecule has 10 nitrogen and oxygen atoms in total. The average Bonchev–Trinajstić information content (AvgIpc) is 1.59. The minimum absolute atomic E-state index is 0.865. The molecule has 0 aromatic heterocycles. The van der Waals surface area contributed by atoms with E-state index in [1.807, 2.05) is 0 Å². The van der Waals surface area contributed by atoms with E-state index in [4.69, 9.17) is 0 Å². The van der Waals surface area contributed by atoms with Crippen LogP contribution in [-0.2, 0) is 0 Å². The topological polar surface area (TPSA) is 0 Å². The lowest BCUT2D eigenvalue weighted by Crippen LogP contribution is -2.63. The van der Waals surface area contributed by atoms with E-state index in [1.165, 1.54) is 408 Å². The van der Waals surface area contributed by atoms with Crippen molar-refractivity contribution in [1.82, 2.24) is 0 Å². The quantitative estimate of drug-likeness (QED) is 0.194. The standard InChI is InChI=1S/2C12H24N.C11H22N.C11H20N.C11H22N.C11H20N.2C11H24N.2C9H20N/c1-11-7-6-8-12(2)13(11)9-4-3-5-10-13;1-11-8-12(2)10-13(9-11)6-4-3-5-7-13;2*1-10-6-5-7-11(2)12(10)8-3-4-9-12;2*1-10-7-11(2)9-12(8-10)5-3-4-6-12;1-5-12(6-2)8-10(3)7-11(4)9-12;1-5-12(6-2)10(3)8-7-9-11(12)4;1-8-5-9(2)7-10(3,4)6-8;1-8-6-5-7-9(2)10(8,3)4/h2*11-12H,3-10H2,1-2H3;10-11H,3-9H2,1-2H3;3-4,10-11H,5-9H2,1-2H3;10-11H,3-9H2,1-2H3;3-4,10-11H,5-9H2,1-2H3;2*10-11H,5-9H2,1-4H3;2*8-9H,5-7H2,1-4H3/q10*+1. The largest absolute Gasteiger partial charge is 0.328 e. The molecule has 6 spiro atoms. The van der Waals surface area contributed by atoms with E-state index in [-0.39, 0.29) is 0 Å². The smallest absolute Gasteiger partial charge is 0.0982 e. The molecule has 0 saturated carbocycles. The van der Waals surface area contributed by atoms with Crippen LogP contribution in [0.4, 0.5) is 0 Å². The van der Waals surface area contributed by atoms with Gasteiger partial charge in [-0.2, -0.15) is 0 Å². The Hall–Kier alpha value is -0.920. The Morgan fingerprint density at radius 3 is 0.712 bits per heavy atom. The van der Waals surface area contributed by atoms with Crippen LogP contribution in [0.3, 0.4) is 0 Å². The molecule has 16 heterocycles. The monoisotopic (exact) mass is 1660 g/mol. The summed E-state index contributed by atoms with van der Waals surface area (Å²) in [6.45, 7) is 94.5. The van der Waals surface area contributed by atoms with Crippen LogP contribution in [-0.4, -0.2) is 304 Å². The first-order valence-corrected chi connectivity index (χ1v) is 53.5. The van der Waals surface area contributed by atoms with Crippen molar-refractivity contribution in [3.05, 3.63) is 24.3 Å². The van der Waals surface area contributed by atoms with Gasteiger partial charge in [0.05, 0.1) is 259 Å². The van der Waals surface area contributed by atoms with Crippen LogP contribution in [0.25, 0.3) is 0 Å². The van der Waals surface area contributed by atoms with E-state index < -0.39 is 0 Å². The molecule has 0 aromatic carbocycles. The second kappa shape index (κ2) is 47.9. The molecule has 0 radical (unpaired) electrons. The zero-order chi connectivity index (χ0) is 87.0. The normalized spacial score (nSPS) is 38.7. The fraction of sp³-hybridized carbons (Fsp3) is 0.963. The molecule has 14 fully saturated rings. The summed E-state index contributed by atoms with van der Waals surface area (Å²) in [5.41, 5.74) is 0. The van der Waals surface area contributed by atoms with Gasteiger partial charge < -0.3 is 44.8 Å². The van der Waals surface area contributed by atoms with Crippen LogP contribution in [0.1, 0.15) is 359 Å². The Labute approximate surface area is 741 Å². The summed E-state index contributed by atoms with van der Waals surface area (Å²) >= 11 is 0. The third-order valence-corrected chi connectivity index (χ3v) is 37.8. The number of piperidine rings is 12. The highest BCUT2D eigenvalue weighted by molar-refractivity contribution is 4.92. The van der Waals surface area contributed by atoms with Gasteiger partial charge in [0.15, 0.2) is 0 Å². The molecule has 0 aromatic rings. The predicted molar refractivity (Wildman–Crippen MR) is 519 cm³/mol. The minimum atomic E-state index is 0.865. The molecule has 16 aliphatic rings. The van der Waals surface area contributed by atoms with Gasteiger partial charge in [0, 0.05) is 84.9 Å². The molecule has 10 heteroatoms. The molecule has 0 N–H and O–H groups in total. The third kappa shape index (κ3) is 29.0. The Morgan fingerprint density at radius 2 is 0.441 bits per heavy atom. The Bertz CT molecular complexity index is 2560. The molecule has 16 aliphatic heterocycles. The molecular weight excluding hydrogens is 1440 g/mol. The summed E-state index contributed by atoms with van der Waals surface area (Å²) < 4.78 is 13.8. The first kappa shape index (κ1) is 104. The van der Waals surface area contributed by atoms with Crippen molar-refractivity contribution in [2.24, 2.45) is 59.2 Å². The van der Waals surface area contributed by atoms with Crippen LogP contribution >= 0.6 is 0 Å². The second-order valence-electron chi connectivity index (χ2n) is 48.8. The lowest BCUT2D eigenvalue weighted by molar-refractivity contribution is -0.978. The molecule has 0 aliphatic carbocycles. The molecule has 20 atom stereocenters. The maximum Gasteiger partial charge on any atom is 0.0982 e. The van der Waals surface area contributed by atoms with Gasteiger partial charge in [0.25, 0.3) is 0 Å². The highest BCUT2D eigenvalue weighted by Crippen LogP contribution is 2.41. The molecule has 692 valence electrons. The summed E-state index contributed by atoms with van der Waals surface area (Å²) in [5.74, 6) is 9.52. The lowest BCUT2D eigenvalue weighted by Gasteiger charge is -2.53. The molecule has 16 rings (SSSR count). The molecule has 20 unspecified atom stereocenters. The van der Waals surface area contributed by atoms with E-state index in [0.717, 1.165) is 120 Å². The van der Waals surface area contributed by atoms with Gasteiger partial charge in [0.2, 0.25) is 0 Å². The number of likely N-dealkylation sites (tertiary alicyclic amines) is 4. The molecule has 0 amide bonds. The molecule has 118 heavy (non-hydrogen) atoms. The van der Waals surface area contributed by atoms with Crippen molar-refractivity contribution in [2.75, 3.05) is 198 Å². The fourth-order valence-corrected chi connectivity index (χ4v) is 31.2. The van der Waals surface area contributed by atoms with Crippen molar-refractivity contribution in [1.29, 1.82) is 0 Å². The van der Waals surface area contributed by atoms with Crippen molar-refractivity contribution in [2.45, 2.75) is 419 Å². The van der Waals surface area contributed by atoms with Gasteiger partial charge in [-0.1, -0.05) is 69.2 Å². The zero-order valence-corrected chi connectivity index (χ0v) is 85.9. The van der Waals surface area contributed by atoms with Crippen molar-refractivity contribution < 1.29 is 44.8 Å². The first-order valence-electron chi connectivity index (χ1n) is 53.5. The maximum atomic E-state index is 2.49. The van der Waals surface area contributed by atoms with Gasteiger partial charge in [-0.25, -0.2) is 0 Å². The number of nitrogens with zero attached hydrogens (tertiary/aromatic N) is 10. The SMILES string of the molecule is CC1CC(C)C[N+](C)(C)C1.CC1CC(C)C[N+]2(CC=CC2)C1.CC1CC(C)C[N+]2(CCCC2)C1.CC1CC(C)C[N+]2(CCCCC2)C1.CC1CCCC(C)[N+]1(C)C.CC1CCCC(C)[N+]12CC=CC2.CC1CCCC(C)[N+]12CCCC2.CC1CCCC(C)[N+]12CCCCC2.CC[N+]1(CC)C(C)CCCC1C.CC[N+]1(CC)CC(C)CC(C)C1. The molecular formula is C108H220N10+10. The van der Waals surface area contributed by atoms with E-state index in [9.17, 15) is 0 Å². The average molecular weight is 1660 g/mol. The summed E-state index contributed by atoms with van der Waals surface area (Å²) in [6.07, 6.45) is 53.3. The van der Waals surface area contributed by atoms with Crippen LogP contribution in [0.2, 0.25) is 0 Å². The highest BCUT2D eigenvalue weighted by Gasteiger charge is 2.48. The van der Waals surface area contributed by atoms with Crippen LogP contribution in [0.15, 0.2) is 24.3 Å². The Kier molecular flexibility index (Phi) is 42.3. The second-order valence-corrected chi connectivity index (χ2v) is 48.8. The Balaban J connectivity index is 0.000000181. The van der Waals surface area contributed by atoms with Crippen LogP contribution in [0.5, 0.6) is 0 Å². The van der Waals surface area contributed by atoms with Gasteiger partial charge >= 0.3 is 0 Å². The zero-order valence-electron chi connectivity index (χ0n) is 85.9. The van der Waals surface area contributed by atoms with E-state index in [0.29, 0.717) is 0 Å². The van der Waals surface area contributed by atoms with E-state index in [1.54, 1.807) is 0 Å². The Morgan fingerprint density at radius 1 is 0.212 bits per heavy atom. The molecule has 0 bridgehead atoms. The summed E-state index contributed by atoms with van der Waals surface area (Å²) in [5, 5.41) is 0. The van der Waals surface area contributed by atoms with E-state index in [2.05, 4.69) is 219 Å². The van der Waals surface area contributed by atoms with Crippen LogP contribution in [0, 0.1) is 59.2 Å². The van der Waals surface area contributed by atoms with Crippen molar-refractivity contribution in [3.8, 4) is 0 Å². The van der Waals surface area contributed by atoms with Gasteiger partial charge in [0.1, 0.15) is 0 Å². The van der Waals surface area contributed by atoms with Gasteiger partial charge in [-0.05, 0) is 288 Å². The minimum Gasteiger partial charge on any atom is -0.328 e. The maximum absolute atomic E-state index is 2.49.